The van der Waals surface area contributed by atoms with E-state index in [1.54, 1.807) is 42.5 Å². The molecule has 1 atom stereocenters. The molecule has 3 rings (SSSR count). The third-order valence-electron chi connectivity index (χ3n) is 3.82. The maximum Gasteiger partial charge on any atom is 0.305 e. The smallest absolute Gasteiger partial charge is 0.305 e. The fourth-order valence-electron chi connectivity index (χ4n) is 2.37. The second kappa shape index (κ2) is 9.78. The number of carbonyl (C=O) groups is 2. The highest BCUT2D eigenvalue weighted by molar-refractivity contribution is 8.15. The van der Waals surface area contributed by atoms with Crippen molar-refractivity contribution in [3.05, 3.63) is 63.6 Å². The van der Waals surface area contributed by atoms with Gasteiger partial charge in [0.25, 0.3) is 0 Å². The highest BCUT2D eigenvalue weighted by Gasteiger charge is 2.32. The van der Waals surface area contributed by atoms with Crippen LogP contribution in [0.4, 0.5) is 0 Å². The summed E-state index contributed by atoms with van der Waals surface area (Å²) in [6.07, 6.45) is 1.25. The quantitative estimate of drug-likeness (QED) is 0.489. The number of carboxylic acids is 1. The Morgan fingerprint density at radius 3 is 2.55 bits per heavy atom. The predicted molar refractivity (Wildman–Crippen MR) is 114 cm³/mol. The van der Waals surface area contributed by atoms with E-state index in [4.69, 9.17) is 33.0 Å². The monoisotopic (exact) mass is 451 g/mol. The molecular formula is C19H15Cl2N3O4S. The Kier molecular flexibility index (Phi) is 7.13. The maximum absolute atomic E-state index is 11.6. The summed E-state index contributed by atoms with van der Waals surface area (Å²) in [5.41, 5.74) is 1.49. The zero-order valence-corrected chi connectivity index (χ0v) is 17.2. The van der Waals surface area contributed by atoms with Crippen LogP contribution in [0, 0.1) is 0 Å². The molecule has 2 aromatic rings. The molecule has 0 radical (unpaired) electrons. The molecular weight excluding hydrogens is 437 g/mol. The molecule has 29 heavy (non-hydrogen) atoms. The summed E-state index contributed by atoms with van der Waals surface area (Å²) in [5, 5.41) is 19.8. The van der Waals surface area contributed by atoms with Crippen LogP contribution in [-0.4, -0.2) is 33.6 Å². The number of carboxylic acid groups (broad SMARTS) is 1. The number of nitrogens with one attached hydrogen (secondary N) is 1. The largest absolute Gasteiger partial charge is 0.489 e. The van der Waals surface area contributed by atoms with Gasteiger partial charge < -0.3 is 15.2 Å². The Bertz CT molecular complexity index is 960. The molecule has 1 heterocycles. The summed E-state index contributed by atoms with van der Waals surface area (Å²) >= 11 is 13.3. The van der Waals surface area contributed by atoms with E-state index in [2.05, 4.69) is 15.5 Å². The first-order chi connectivity index (χ1) is 13.9. The van der Waals surface area contributed by atoms with Crippen molar-refractivity contribution in [1.82, 2.24) is 5.32 Å². The fraction of sp³-hybridized carbons (Fsp3) is 0.158. The van der Waals surface area contributed by atoms with Gasteiger partial charge in [-0.05, 0) is 42.0 Å². The fourth-order valence-corrected chi connectivity index (χ4v) is 3.79. The summed E-state index contributed by atoms with van der Waals surface area (Å²) in [4.78, 5) is 22.3. The first kappa shape index (κ1) is 21.2. The van der Waals surface area contributed by atoms with Gasteiger partial charge >= 0.3 is 5.97 Å². The number of hydrogen-bond donors (Lipinski definition) is 2. The summed E-state index contributed by atoms with van der Waals surface area (Å²) in [7, 11) is 0. The second-order valence-electron chi connectivity index (χ2n) is 5.90. The zero-order chi connectivity index (χ0) is 20.8. The van der Waals surface area contributed by atoms with E-state index < -0.39 is 11.2 Å². The molecule has 0 spiro atoms. The standard InChI is InChI=1S/C19H15Cl2N3O4S/c20-14-2-1-3-15(21)13(14)10-28-12-6-4-11(5-7-12)9-22-24-19-23-18(27)16(29-19)8-17(25)26/h1-7,9,16H,8,10H2,(H,25,26)(H,23,24,27)/b22-9+. The lowest BCUT2D eigenvalue weighted by atomic mass is 10.2. The van der Waals surface area contributed by atoms with Crippen molar-refractivity contribution in [1.29, 1.82) is 0 Å². The van der Waals surface area contributed by atoms with Crippen LogP contribution in [-0.2, 0) is 16.2 Å². The molecule has 1 aliphatic rings. The number of ether oxygens (including phenoxy) is 1. The van der Waals surface area contributed by atoms with Crippen molar-refractivity contribution in [2.45, 2.75) is 18.3 Å². The molecule has 1 unspecified atom stereocenters. The molecule has 0 aliphatic carbocycles. The minimum absolute atomic E-state index is 0.244. The van der Waals surface area contributed by atoms with Gasteiger partial charge in [0.2, 0.25) is 5.91 Å². The van der Waals surface area contributed by atoms with E-state index >= 15 is 0 Å². The van der Waals surface area contributed by atoms with Crippen LogP contribution < -0.4 is 10.1 Å². The summed E-state index contributed by atoms with van der Waals surface area (Å²) in [6, 6.07) is 12.4. The summed E-state index contributed by atoms with van der Waals surface area (Å²) in [6.45, 7) is 0.244. The molecule has 1 fully saturated rings. The van der Waals surface area contributed by atoms with E-state index in [1.807, 2.05) is 0 Å². The van der Waals surface area contributed by atoms with Gasteiger partial charge in [0, 0.05) is 15.6 Å². The van der Waals surface area contributed by atoms with Crippen molar-refractivity contribution in [3.63, 3.8) is 0 Å². The van der Waals surface area contributed by atoms with Gasteiger partial charge in [-0.15, -0.1) is 5.10 Å². The van der Waals surface area contributed by atoms with E-state index in [0.717, 1.165) is 22.9 Å². The van der Waals surface area contributed by atoms with Crippen LogP contribution in [0.25, 0.3) is 0 Å². The molecule has 7 nitrogen and oxygen atoms in total. The lowest BCUT2D eigenvalue weighted by molar-refractivity contribution is -0.138. The van der Waals surface area contributed by atoms with Gasteiger partial charge in [-0.25, -0.2) is 0 Å². The van der Waals surface area contributed by atoms with Crippen LogP contribution in [0.3, 0.4) is 0 Å². The lowest BCUT2D eigenvalue weighted by Gasteiger charge is -2.09. The Labute approximate surface area is 180 Å². The highest BCUT2D eigenvalue weighted by Crippen LogP contribution is 2.26. The molecule has 2 N–H and O–H groups in total. The lowest BCUT2D eigenvalue weighted by Crippen LogP contribution is -2.26. The third-order valence-corrected chi connectivity index (χ3v) is 5.60. The molecule has 1 amide bonds. The number of nitrogens with zero attached hydrogens (tertiary/aromatic N) is 2. The molecule has 0 bridgehead atoms. The minimum atomic E-state index is -1.04. The number of halogens is 2. The van der Waals surface area contributed by atoms with Crippen molar-refractivity contribution in [2.24, 2.45) is 10.2 Å². The van der Waals surface area contributed by atoms with E-state index in [-0.39, 0.29) is 24.1 Å². The number of carbonyl (C=O) groups excluding carboxylic acids is 1. The summed E-state index contributed by atoms with van der Waals surface area (Å²) < 4.78 is 5.71. The van der Waals surface area contributed by atoms with Crippen molar-refractivity contribution >= 4 is 58.2 Å². The Hall–Kier alpha value is -2.55. The van der Waals surface area contributed by atoms with E-state index in [0.29, 0.717) is 15.8 Å². The topological polar surface area (TPSA) is 100 Å². The molecule has 2 aromatic carbocycles. The summed E-state index contributed by atoms with van der Waals surface area (Å²) in [5.74, 6) is -0.785. The van der Waals surface area contributed by atoms with Crippen LogP contribution in [0.15, 0.2) is 52.7 Å². The SMILES string of the molecule is O=C(O)CC1S/C(=N/N=C/c2ccc(OCc3c(Cl)cccc3Cl)cc2)NC1=O. The van der Waals surface area contributed by atoms with Crippen LogP contribution in [0.2, 0.25) is 10.0 Å². The van der Waals surface area contributed by atoms with Gasteiger partial charge in [0.1, 0.15) is 17.6 Å². The maximum atomic E-state index is 11.6. The van der Waals surface area contributed by atoms with Gasteiger partial charge in [-0.1, -0.05) is 41.0 Å². The first-order valence-electron chi connectivity index (χ1n) is 8.38. The molecule has 0 saturated carbocycles. The molecule has 1 aliphatic heterocycles. The number of aliphatic carboxylic acids is 1. The minimum Gasteiger partial charge on any atom is -0.489 e. The number of rotatable bonds is 7. The second-order valence-corrected chi connectivity index (χ2v) is 7.91. The van der Waals surface area contributed by atoms with Gasteiger partial charge in [0.15, 0.2) is 5.17 Å². The highest BCUT2D eigenvalue weighted by atomic mass is 35.5. The first-order valence-corrected chi connectivity index (χ1v) is 10.0. The number of amidine groups is 1. The number of thioether (sulfide) groups is 1. The van der Waals surface area contributed by atoms with Crippen LogP contribution in [0.5, 0.6) is 5.75 Å². The average molecular weight is 452 g/mol. The van der Waals surface area contributed by atoms with Gasteiger partial charge in [0.05, 0.1) is 12.6 Å². The predicted octanol–water partition coefficient (Wildman–Crippen LogP) is 3.97. The molecule has 0 aromatic heterocycles. The van der Waals surface area contributed by atoms with Crippen molar-refractivity contribution in [2.75, 3.05) is 0 Å². The van der Waals surface area contributed by atoms with Crippen molar-refractivity contribution in [3.8, 4) is 5.75 Å². The number of benzene rings is 2. The molecule has 150 valence electrons. The Balaban J connectivity index is 1.55. The van der Waals surface area contributed by atoms with E-state index in [1.165, 1.54) is 6.21 Å². The molecule has 10 heteroatoms. The van der Waals surface area contributed by atoms with Crippen LogP contribution >= 0.6 is 35.0 Å². The Morgan fingerprint density at radius 2 is 1.90 bits per heavy atom. The van der Waals surface area contributed by atoms with E-state index in [9.17, 15) is 9.59 Å². The number of hydrogen-bond acceptors (Lipinski definition) is 6. The van der Waals surface area contributed by atoms with Gasteiger partial charge in [-0.3, -0.25) is 9.59 Å². The van der Waals surface area contributed by atoms with Crippen LogP contribution in [0.1, 0.15) is 17.5 Å². The van der Waals surface area contributed by atoms with Crippen molar-refractivity contribution < 1.29 is 19.4 Å². The zero-order valence-electron chi connectivity index (χ0n) is 14.8. The molecule has 1 saturated heterocycles. The third kappa shape index (κ3) is 5.96. The number of amides is 1. The normalized spacial score (nSPS) is 17.7. The average Bonchev–Trinajstić information content (AvgIpc) is 3.01. The van der Waals surface area contributed by atoms with Gasteiger partial charge in [-0.2, -0.15) is 5.10 Å². The Morgan fingerprint density at radius 1 is 1.21 bits per heavy atom.